The summed E-state index contributed by atoms with van der Waals surface area (Å²) < 4.78 is 34.6. The standard InChI is InChI=1S/C48H84NO7P/c1-6-8-10-12-14-16-18-20-22-24-26-28-30-32-34-36-38-40-43-53-45-47(46-55-57(51,52)54-44-42-49(3,4)5)56-48(50)41-39-37-35-33-31-29-27-25-23-21-19-17-15-13-11-9-7-2/h8-11,14-17,20-23,26,28,47H,6-7,12-13,18-19,24-25,27,29-46H2,1-5H3/b10-8-,11-9-,16-14-,17-15-,22-20-,23-21-,28-26-. The second kappa shape index (κ2) is 40.5. The second-order valence-electron chi connectivity index (χ2n) is 15.6. The molecule has 0 saturated carbocycles. The van der Waals surface area contributed by atoms with Crippen LogP contribution in [-0.4, -0.2) is 70.7 Å². The van der Waals surface area contributed by atoms with E-state index in [4.69, 9.17) is 18.5 Å². The lowest BCUT2D eigenvalue weighted by Crippen LogP contribution is -2.37. The maximum Gasteiger partial charge on any atom is 0.306 e. The van der Waals surface area contributed by atoms with Crippen molar-refractivity contribution in [1.29, 1.82) is 0 Å². The maximum atomic E-state index is 12.7. The Morgan fingerprint density at radius 3 is 1.44 bits per heavy atom. The van der Waals surface area contributed by atoms with Gasteiger partial charge in [-0.15, -0.1) is 0 Å². The highest BCUT2D eigenvalue weighted by molar-refractivity contribution is 7.45. The Kier molecular flexibility index (Phi) is 38.8. The fourth-order valence-corrected chi connectivity index (χ4v) is 6.28. The van der Waals surface area contributed by atoms with E-state index < -0.39 is 13.9 Å². The summed E-state index contributed by atoms with van der Waals surface area (Å²) in [4.78, 5) is 25.1. The first-order chi connectivity index (χ1) is 27.6. The Labute approximate surface area is 350 Å². The number of carbonyl (C=O) groups excluding carboxylic acids is 1. The van der Waals surface area contributed by atoms with E-state index in [0.717, 1.165) is 103 Å². The summed E-state index contributed by atoms with van der Waals surface area (Å²) in [5.41, 5.74) is 0. The summed E-state index contributed by atoms with van der Waals surface area (Å²) in [5.74, 6) is -0.355. The van der Waals surface area contributed by atoms with Crippen LogP contribution in [0.4, 0.5) is 0 Å². The highest BCUT2D eigenvalue weighted by Gasteiger charge is 2.20. The summed E-state index contributed by atoms with van der Waals surface area (Å²) in [6, 6.07) is 0. The van der Waals surface area contributed by atoms with Gasteiger partial charge in [-0.2, -0.15) is 0 Å². The molecule has 0 spiro atoms. The minimum atomic E-state index is -4.54. The van der Waals surface area contributed by atoms with E-state index in [1.54, 1.807) is 0 Å². The summed E-state index contributed by atoms with van der Waals surface area (Å²) >= 11 is 0. The number of phosphoric ester groups is 1. The van der Waals surface area contributed by atoms with Gasteiger partial charge >= 0.3 is 5.97 Å². The Hall–Kier alpha value is -2.32. The molecule has 2 unspecified atom stereocenters. The lowest BCUT2D eigenvalue weighted by atomic mass is 10.1. The third kappa shape index (κ3) is 44.6. The molecule has 9 heteroatoms. The molecule has 57 heavy (non-hydrogen) atoms. The van der Waals surface area contributed by atoms with Crippen LogP contribution in [0.15, 0.2) is 85.1 Å². The number of phosphoric acid groups is 1. The van der Waals surface area contributed by atoms with Crippen molar-refractivity contribution in [2.75, 3.05) is 54.1 Å². The van der Waals surface area contributed by atoms with E-state index in [1.165, 1.54) is 32.1 Å². The molecule has 8 nitrogen and oxygen atoms in total. The molecular formula is C48H84NO7P. The van der Waals surface area contributed by atoms with Crippen molar-refractivity contribution >= 4 is 13.8 Å². The van der Waals surface area contributed by atoms with Crippen LogP contribution in [0.1, 0.15) is 155 Å². The summed E-state index contributed by atoms with van der Waals surface area (Å²) in [6.07, 6.45) is 53.1. The number of unbranched alkanes of at least 4 members (excludes halogenated alkanes) is 12. The van der Waals surface area contributed by atoms with Crippen LogP contribution < -0.4 is 4.89 Å². The quantitative estimate of drug-likeness (QED) is 0.0200. The van der Waals surface area contributed by atoms with E-state index in [0.29, 0.717) is 24.1 Å². The van der Waals surface area contributed by atoms with Crippen molar-refractivity contribution in [3.8, 4) is 0 Å². The van der Waals surface area contributed by atoms with Gasteiger partial charge in [0.1, 0.15) is 19.3 Å². The zero-order chi connectivity index (χ0) is 42.0. The highest BCUT2D eigenvalue weighted by Crippen LogP contribution is 2.38. The molecular weight excluding hydrogens is 734 g/mol. The summed E-state index contributed by atoms with van der Waals surface area (Å²) in [6.45, 7) is 5.10. The van der Waals surface area contributed by atoms with Gasteiger partial charge in [-0.05, 0) is 83.5 Å². The van der Waals surface area contributed by atoms with Crippen LogP contribution in [0.25, 0.3) is 0 Å². The van der Waals surface area contributed by atoms with Gasteiger partial charge in [-0.25, -0.2) is 0 Å². The SMILES string of the molecule is CC/C=C\C/C=C\C/C=C\C/C=C\CCCCCCCOCC(COP(=O)([O-])OCC[N+](C)(C)C)OC(=O)CCCCCCCCC/C=C\C/C=C\C/C=C\CC. The normalized spacial score (nSPS) is 14.6. The molecule has 0 rings (SSSR count). The monoisotopic (exact) mass is 818 g/mol. The number of likely N-dealkylation sites (N-methyl/N-ethyl adjacent to an activating group) is 1. The van der Waals surface area contributed by atoms with Crippen LogP contribution in [0.3, 0.4) is 0 Å². The number of allylic oxidation sites excluding steroid dienone is 14. The predicted octanol–water partition coefficient (Wildman–Crippen LogP) is 12.6. The Balaban J connectivity index is 4.30. The van der Waals surface area contributed by atoms with Gasteiger partial charge in [-0.1, -0.05) is 150 Å². The van der Waals surface area contributed by atoms with Gasteiger partial charge in [-0.3, -0.25) is 9.36 Å². The van der Waals surface area contributed by atoms with E-state index in [1.807, 2.05) is 21.1 Å². The average molecular weight is 818 g/mol. The summed E-state index contributed by atoms with van der Waals surface area (Å²) in [7, 11) is 1.32. The zero-order valence-corrected chi connectivity index (χ0v) is 37.9. The third-order valence-corrected chi connectivity index (χ3v) is 9.91. The smallest absolute Gasteiger partial charge is 0.306 e. The number of ether oxygens (including phenoxy) is 2. The minimum absolute atomic E-state index is 0.0150. The maximum absolute atomic E-state index is 12.7. The molecule has 0 saturated heterocycles. The molecule has 0 aromatic heterocycles. The third-order valence-electron chi connectivity index (χ3n) is 8.94. The van der Waals surface area contributed by atoms with Crippen molar-refractivity contribution in [3.05, 3.63) is 85.1 Å². The van der Waals surface area contributed by atoms with E-state index >= 15 is 0 Å². The zero-order valence-electron chi connectivity index (χ0n) is 37.0. The van der Waals surface area contributed by atoms with Gasteiger partial charge in [0.15, 0.2) is 0 Å². The molecule has 0 aromatic carbocycles. The van der Waals surface area contributed by atoms with Crippen LogP contribution in [-0.2, 0) is 27.9 Å². The van der Waals surface area contributed by atoms with Crippen molar-refractivity contribution in [3.63, 3.8) is 0 Å². The minimum Gasteiger partial charge on any atom is -0.756 e. The first-order valence-electron chi connectivity index (χ1n) is 22.3. The fourth-order valence-electron chi connectivity index (χ4n) is 5.55. The molecule has 0 heterocycles. The lowest BCUT2D eigenvalue weighted by molar-refractivity contribution is -0.870. The van der Waals surface area contributed by atoms with E-state index in [-0.39, 0.29) is 25.8 Å². The van der Waals surface area contributed by atoms with Gasteiger partial charge in [0.25, 0.3) is 7.82 Å². The molecule has 0 bridgehead atoms. The summed E-state index contributed by atoms with van der Waals surface area (Å²) in [5, 5.41) is 0. The molecule has 0 fully saturated rings. The largest absolute Gasteiger partial charge is 0.756 e. The Morgan fingerprint density at radius 2 is 0.965 bits per heavy atom. The molecule has 2 atom stereocenters. The average Bonchev–Trinajstić information content (AvgIpc) is 3.16. The Morgan fingerprint density at radius 1 is 0.544 bits per heavy atom. The van der Waals surface area contributed by atoms with Crippen molar-refractivity contribution in [1.82, 2.24) is 0 Å². The molecule has 0 aromatic rings. The van der Waals surface area contributed by atoms with Crippen molar-refractivity contribution < 1.29 is 37.3 Å². The molecule has 0 amide bonds. The van der Waals surface area contributed by atoms with Crippen LogP contribution in [0.5, 0.6) is 0 Å². The molecule has 0 radical (unpaired) electrons. The second-order valence-corrected chi connectivity index (χ2v) is 17.1. The number of hydrogen-bond donors (Lipinski definition) is 0. The molecule has 0 aliphatic rings. The first kappa shape index (κ1) is 54.7. The predicted molar refractivity (Wildman–Crippen MR) is 240 cm³/mol. The molecule has 0 N–H and O–H groups in total. The van der Waals surface area contributed by atoms with E-state index in [9.17, 15) is 14.3 Å². The van der Waals surface area contributed by atoms with Crippen molar-refractivity contribution in [2.45, 2.75) is 161 Å². The number of esters is 1. The van der Waals surface area contributed by atoms with Gasteiger partial charge in [0.2, 0.25) is 0 Å². The molecule has 0 aliphatic carbocycles. The topological polar surface area (TPSA) is 94.1 Å². The molecule has 328 valence electrons. The number of quaternary nitrogens is 1. The highest BCUT2D eigenvalue weighted by atomic mass is 31.2. The van der Waals surface area contributed by atoms with Crippen LogP contribution >= 0.6 is 7.82 Å². The van der Waals surface area contributed by atoms with Crippen molar-refractivity contribution in [2.24, 2.45) is 0 Å². The number of nitrogens with zero attached hydrogens (tertiary/aromatic N) is 1. The van der Waals surface area contributed by atoms with E-state index in [2.05, 4.69) is 98.9 Å². The molecule has 0 aliphatic heterocycles. The van der Waals surface area contributed by atoms with Gasteiger partial charge < -0.3 is 27.9 Å². The van der Waals surface area contributed by atoms with Crippen LogP contribution in [0, 0.1) is 0 Å². The Bertz CT molecular complexity index is 1180. The van der Waals surface area contributed by atoms with Crippen LogP contribution in [0.2, 0.25) is 0 Å². The van der Waals surface area contributed by atoms with Gasteiger partial charge in [0, 0.05) is 13.0 Å². The fraction of sp³-hybridized carbons (Fsp3) is 0.688. The number of rotatable bonds is 40. The number of hydrogen-bond acceptors (Lipinski definition) is 7. The first-order valence-corrected chi connectivity index (χ1v) is 23.8. The van der Waals surface area contributed by atoms with Gasteiger partial charge in [0.05, 0.1) is 34.4 Å². The lowest BCUT2D eigenvalue weighted by Gasteiger charge is -2.28. The number of carbonyl (C=O) groups is 1.